The molecule has 0 N–H and O–H groups in total. The van der Waals surface area contributed by atoms with Gasteiger partial charge < -0.3 is 4.57 Å². The minimum absolute atomic E-state index is 0.298. The van der Waals surface area contributed by atoms with E-state index in [0.717, 1.165) is 60.9 Å². The molecule has 1 aromatic heterocycles. The number of aromatic nitrogens is 1. The highest BCUT2D eigenvalue weighted by Crippen LogP contribution is 2.43. The molecular weight excluding hydrogens is 522 g/mol. The van der Waals surface area contributed by atoms with Gasteiger partial charge in [0.25, 0.3) is 0 Å². The summed E-state index contributed by atoms with van der Waals surface area (Å²) in [6.45, 7) is 12.7. The first-order valence-corrected chi connectivity index (χ1v) is 14.7. The van der Waals surface area contributed by atoms with Crippen molar-refractivity contribution >= 4 is 21.8 Å². The number of nitriles is 2. The normalized spacial score (nSPS) is 11.9. The molecule has 43 heavy (non-hydrogen) atoms. The van der Waals surface area contributed by atoms with Gasteiger partial charge in [-0.05, 0) is 74.5 Å². The molecule has 0 aliphatic heterocycles. The fourth-order valence-corrected chi connectivity index (χ4v) is 6.32. The van der Waals surface area contributed by atoms with Gasteiger partial charge in [0.05, 0.1) is 33.9 Å². The van der Waals surface area contributed by atoms with E-state index >= 15 is 0 Å². The average Bonchev–Trinajstić information content (AvgIpc) is 3.32. The summed E-state index contributed by atoms with van der Waals surface area (Å²) in [5.41, 5.74) is 9.68. The predicted molar refractivity (Wildman–Crippen MR) is 178 cm³/mol. The number of fused-ring (bicyclic) bond motifs is 3. The second kappa shape index (κ2) is 10.3. The molecule has 6 rings (SSSR count). The highest BCUT2D eigenvalue weighted by Gasteiger charge is 2.32. The van der Waals surface area contributed by atoms with Crippen LogP contribution in [0.4, 0.5) is 0 Å². The minimum Gasteiger partial charge on any atom is -0.308 e. The third-order valence-electron chi connectivity index (χ3n) is 8.31. The van der Waals surface area contributed by atoms with E-state index in [1.54, 1.807) is 0 Å². The van der Waals surface area contributed by atoms with Crippen LogP contribution in [0.3, 0.4) is 0 Å². The van der Waals surface area contributed by atoms with Crippen molar-refractivity contribution in [2.75, 3.05) is 0 Å². The monoisotopic (exact) mass is 557 g/mol. The summed E-state index contributed by atoms with van der Waals surface area (Å²) in [7, 11) is 0. The molecule has 0 bridgehead atoms. The highest BCUT2D eigenvalue weighted by atomic mass is 15.0. The maximum absolute atomic E-state index is 10.7. The Morgan fingerprint density at radius 3 is 1.37 bits per heavy atom. The molecule has 0 aliphatic rings. The largest absolute Gasteiger partial charge is 0.308 e. The highest BCUT2D eigenvalue weighted by molar-refractivity contribution is 6.12. The zero-order chi connectivity index (χ0) is 30.5. The molecule has 210 valence electrons. The topological polar surface area (TPSA) is 52.5 Å². The molecule has 0 saturated heterocycles. The van der Waals surface area contributed by atoms with E-state index in [9.17, 15) is 10.5 Å². The number of rotatable bonds is 3. The number of nitrogens with zero attached hydrogens (tertiary/aromatic N) is 3. The Kier molecular flexibility index (Phi) is 6.71. The first kappa shape index (κ1) is 28.0. The molecule has 5 aromatic carbocycles. The van der Waals surface area contributed by atoms with E-state index in [1.165, 1.54) is 0 Å². The summed E-state index contributed by atoms with van der Waals surface area (Å²) in [6, 6.07) is 41.2. The van der Waals surface area contributed by atoms with Crippen LogP contribution in [0.5, 0.6) is 0 Å². The lowest BCUT2D eigenvalue weighted by Gasteiger charge is -2.30. The van der Waals surface area contributed by atoms with Crippen molar-refractivity contribution in [3.63, 3.8) is 0 Å². The minimum atomic E-state index is -0.411. The Hall–Kier alpha value is -5.12. The van der Waals surface area contributed by atoms with Crippen LogP contribution in [0.1, 0.15) is 63.8 Å². The third-order valence-corrected chi connectivity index (χ3v) is 8.31. The van der Waals surface area contributed by atoms with Gasteiger partial charge in [0, 0.05) is 10.8 Å². The van der Waals surface area contributed by atoms with Crippen LogP contribution < -0.4 is 0 Å². The summed E-state index contributed by atoms with van der Waals surface area (Å²) >= 11 is 0. The molecule has 3 nitrogen and oxygen atoms in total. The fourth-order valence-electron chi connectivity index (χ4n) is 6.32. The molecular formula is C40H35N3. The lowest BCUT2D eigenvalue weighted by molar-refractivity contribution is 0.563. The average molecular weight is 558 g/mol. The molecule has 0 saturated carbocycles. The van der Waals surface area contributed by atoms with Crippen LogP contribution in [-0.4, -0.2) is 4.57 Å². The van der Waals surface area contributed by atoms with Crippen molar-refractivity contribution in [3.8, 4) is 40.1 Å². The van der Waals surface area contributed by atoms with E-state index in [1.807, 2.05) is 12.1 Å². The predicted octanol–water partition coefficient (Wildman–Crippen LogP) is 10.5. The number of benzene rings is 5. The van der Waals surface area contributed by atoms with E-state index in [0.29, 0.717) is 11.1 Å². The van der Waals surface area contributed by atoms with Crippen LogP contribution in [-0.2, 0) is 10.8 Å². The van der Waals surface area contributed by atoms with E-state index in [2.05, 4.69) is 149 Å². The quantitative estimate of drug-likeness (QED) is 0.217. The van der Waals surface area contributed by atoms with Gasteiger partial charge in [-0.1, -0.05) is 114 Å². The lowest BCUT2D eigenvalue weighted by Crippen LogP contribution is -2.23. The summed E-state index contributed by atoms with van der Waals surface area (Å²) in [4.78, 5) is 0. The van der Waals surface area contributed by atoms with Crippen LogP contribution in [0.15, 0.2) is 103 Å². The smallest absolute Gasteiger partial charge is 0.102 e. The Bertz CT molecular complexity index is 1990. The molecule has 3 heteroatoms. The Balaban J connectivity index is 1.78. The SMILES string of the molecule is CC(C)(C)c1cc(-n2c3ccc(-c4ccccc4)cc3c3cc(-c4ccccc4)ccc32)c(C#N)c(C(C)(C)C)c1C#N. The van der Waals surface area contributed by atoms with Crippen LogP contribution in [0.2, 0.25) is 0 Å². The maximum atomic E-state index is 10.7. The fraction of sp³-hybridized carbons (Fsp3) is 0.200. The van der Waals surface area contributed by atoms with Gasteiger partial charge in [0.2, 0.25) is 0 Å². The Labute approximate surface area is 254 Å². The molecule has 0 aliphatic carbocycles. The summed E-state index contributed by atoms with van der Waals surface area (Å²) in [6.07, 6.45) is 0. The van der Waals surface area contributed by atoms with Crippen molar-refractivity contribution in [1.82, 2.24) is 4.57 Å². The first-order chi connectivity index (χ1) is 20.5. The Morgan fingerprint density at radius 1 is 0.512 bits per heavy atom. The van der Waals surface area contributed by atoms with E-state index < -0.39 is 5.41 Å². The van der Waals surface area contributed by atoms with Gasteiger partial charge in [-0.25, -0.2) is 0 Å². The molecule has 0 radical (unpaired) electrons. The van der Waals surface area contributed by atoms with Crippen molar-refractivity contribution < 1.29 is 0 Å². The summed E-state index contributed by atoms with van der Waals surface area (Å²) < 4.78 is 2.23. The zero-order valence-corrected chi connectivity index (χ0v) is 25.7. The molecule has 0 unspecified atom stereocenters. The third kappa shape index (κ3) is 4.78. The number of hydrogen-bond donors (Lipinski definition) is 0. The van der Waals surface area contributed by atoms with E-state index in [4.69, 9.17) is 0 Å². The van der Waals surface area contributed by atoms with Crippen molar-refractivity contribution in [2.24, 2.45) is 0 Å². The van der Waals surface area contributed by atoms with Gasteiger partial charge in [-0.15, -0.1) is 0 Å². The Morgan fingerprint density at radius 2 is 0.977 bits per heavy atom. The van der Waals surface area contributed by atoms with Crippen LogP contribution >= 0.6 is 0 Å². The second-order valence-corrected chi connectivity index (χ2v) is 13.3. The van der Waals surface area contributed by atoms with Gasteiger partial charge in [-0.2, -0.15) is 10.5 Å². The molecule has 0 atom stereocenters. The summed E-state index contributed by atoms with van der Waals surface area (Å²) in [5.74, 6) is 0. The van der Waals surface area contributed by atoms with Gasteiger partial charge >= 0.3 is 0 Å². The molecule has 0 amide bonds. The lowest BCUT2D eigenvalue weighted by atomic mass is 9.74. The second-order valence-electron chi connectivity index (χ2n) is 13.3. The van der Waals surface area contributed by atoms with Crippen LogP contribution in [0, 0.1) is 22.7 Å². The molecule has 0 spiro atoms. The number of hydrogen-bond acceptors (Lipinski definition) is 2. The standard InChI is InChI=1S/C40H35N3/c1-39(2,3)34-23-37(33(25-42)38(32(34)24-41)40(4,5)6)43-35-19-17-28(26-13-9-7-10-14-26)21-30(35)31-22-29(18-20-36(31)43)27-15-11-8-12-16-27/h7-23H,1-6H3. The first-order valence-electron chi connectivity index (χ1n) is 14.7. The molecule has 0 fully saturated rings. The molecule has 1 heterocycles. The van der Waals surface area contributed by atoms with Crippen molar-refractivity contribution in [1.29, 1.82) is 10.5 Å². The van der Waals surface area contributed by atoms with Gasteiger partial charge in [0.1, 0.15) is 6.07 Å². The maximum Gasteiger partial charge on any atom is 0.102 e. The zero-order valence-electron chi connectivity index (χ0n) is 25.7. The summed E-state index contributed by atoms with van der Waals surface area (Å²) in [5, 5.41) is 23.4. The van der Waals surface area contributed by atoms with Crippen LogP contribution in [0.25, 0.3) is 49.7 Å². The van der Waals surface area contributed by atoms with Gasteiger partial charge in [0.15, 0.2) is 0 Å². The van der Waals surface area contributed by atoms with Crippen molar-refractivity contribution in [3.05, 3.63) is 125 Å². The van der Waals surface area contributed by atoms with E-state index in [-0.39, 0.29) is 5.41 Å². The van der Waals surface area contributed by atoms with Crippen molar-refractivity contribution in [2.45, 2.75) is 52.4 Å². The van der Waals surface area contributed by atoms with Gasteiger partial charge in [-0.3, -0.25) is 0 Å². The molecule has 6 aromatic rings.